The van der Waals surface area contributed by atoms with Gasteiger partial charge in [-0.05, 0) is 57.9 Å². The third-order valence-corrected chi connectivity index (χ3v) is 5.95. The second kappa shape index (κ2) is 8.05. The lowest BCUT2D eigenvalue weighted by molar-refractivity contribution is 0.0199. The topological polar surface area (TPSA) is 75.7 Å². The van der Waals surface area contributed by atoms with E-state index in [0.717, 1.165) is 4.47 Å². The Morgan fingerprint density at radius 3 is 2.32 bits per heavy atom. The molecule has 0 spiro atoms. The number of sulfone groups is 1. The second-order valence-corrected chi connectivity index (χ2v) is 10.1. The van der Waals surface area contributed by atoms with E-state index in [9.17, 15) is 13.2 Å². The van der Waals surface area contributed by atoms with E-state index >= 15 is 0 Å². The van der Waals surface area contributed by atoms with Crippen molar-refractivity contribution >= 4 is 31.9 Å². The fourth-order valence-electron chi connectivity index (χ4n) is 2.55. The number of benzene rings is 1. The molecule has 25 heavy (non-hydrogen) atoms. The minimum atomic E-state index is -3.37. The number of amides is 1. The third kappa shape index (κ3) is 6.27. The quantitative estimate of drug-likeness (QED) is 0.790. The van der Waals surface area contributed by atoms with Crippen LogP contribution in [0.4, 0.5) is 4.79 Å². The summed E-state index contributed by atoms with van der Waals surface area (Å²) >= 11 is 3.30. The van der Waals surface area contributed by atoms with E-state index in [-0.39, 0.29) is 18.0 Å². The Balaban J connectivity index is 1.82. The van der Waals surface area contributed by atoms with Gasteiger partial charge in [0.15, 0.2) is 9.84 Å². The Labute approximate surface area is 158 Å². The number of hydrogen-bond donors (Lipinski definition) is 1. The lowest BCUT2D eigenvalue weighted by Gasteiger charge is -2.33. The number of halogens is 1. The van der Waals surface area contributed by atoms with Crippen LogP contribution >= 0.6 is 15.9 Å². The number of rotatable bonds is 4. The van der Waals surface area contributed by atoms with Crippen LogP contribution in [0.1, 0.15) is 33.6 Å². The number of nitrogens with zero attached hydrogens (tertiary/aromatic N) is 1. The molecule has 8 heteroatoms. The Kier molecular flexibility index (Phi) is 6.51. The van der Waals surface area contributed by atoms with Gasteiger partial charge in [0, 0.05) is 23.6 Å². The maximum Gasteiger partial charge on any atom is 0.410 e. The van der Waals surface area contributed by atoms with Crippen LogP contribution in [0.2, 0.25) is 0 Å². The molecule has 1 aliphatic rings. The molecule has 0 saturated carbocycles. The Bertz CT molecular complexity index is 690. The van der Waals surface area contributed by atoms with Crippen molar-refractivity contribution in [3.05, 3.63) is 28.7 Å². The van der Waals surface area contributed by atoms with Gasteiger partial charge in [0.2, 0.25) is 0 Å². The molecule has 1 heterocycles. The van der Waals surface area contributed by atoms with Crippen molar-refractivity contribution in [2.45, 2.75) is 50.2 Å². The van der Waals surface area contributed by atoms with Crippen LogP contribution in [-0.4, -0.2) is 50.0 Å². The SMILES string of the molecule is CC(C)(C)OC(=O)N1CCC(NCS(=O)(=O)c2ccc(Br)cc2)CC1. The van der Waals surface area contributed by atoms with Gasteiger partial charge in [0.05, 0.1) is 4.90 Å². The van der Waals surface area contributed by atoms with Crippen LogP contribution in [0.5, 0.6) is 0 Å². The first-order valence-corrected chi connectivity index (χ1v) is 10.7. The number of likely N-dealkylation sites (tertiary alicyclic amines) is 1. The number of hydrogen-bond acceptors (Lipinski definition) is 5. The molecule has 0 unspecified atom stereocenters. The molecular weight excluding hydrogens is 408 g/mol. The van der Waals surface area contributed by atoms with Gasteiger partial charge < -0.3 is 15.0 Å². The predicted molar refractivity (Wildman–Crippen MR) is 100 cm³/mol. The first-order valence-electron chi connectivity index (χ1n) is 8.26. The minimum absolute atomic E-state index is 0.0731. The molecule has 1 N–H and O–H groups in total. The molecule has 1 amide bonds. The standard InChI is InChI=1S/C17H25BrN2O4S/c1-17(2,3)24-16(21)20-10-8-14(9-11-20)19-12-25(22,23)15-6-4-13(18)5-7-15/h4-7,14,19H,8-12H2,1-3H3. The normalized spacial score (nSPS) is 16.7. The fourth-order valence-corrected chi connectivity index (χ4v) is 3.98. The highest BCUT2D eigenvalue weighted by atomic mass is 79.9. The maximum absolute atomic E-state index is 12.4. The monoisotopic (exact) mass is 432 g/mol. The van der Waals surface area contributed by atoms with E-state index in [4.69, 9.17) is 4.74 Å². The molecule has 140 valence electrons. The maximum atomic E-state index is 12.4. The van der Waals surface area contributed by atoms with Gasteiger partial charge in [0.25, 0.3) is 0 Å². The van der Waals surface area contributed by atoms with E-state index in [1.165, 1.54) is 0 Å². The third-order valence-electron chi connectivity index (χ3n) is 3.88. The molecule has 0 atom stereocenters. The van der Waals surface area contributed by atoms with Crippen LogP contribution in [0.15, 0.2) is 33.6 Å². The molecule has 1 aliphatic heterocycles. The number of carbonyl (C=O) groups excluding carboxylic acids is 1. The van der Waals surface area contributed by atoms with Crippen LogP contribution in [0, 0.1) is 0 Å². The molecule has 0 radical (unpaired) electrons. The highest BCUT2D eigenvalue weighted by molar-refractivity contribution is 9.10. The molecule has 1 aromatic rings. The van der Waals surface area contributed by atoms with Crippen LogP contribution < -0.4 is 5.32 Å². The van der Waals surface area contributed by atoms with Crippen molar-refractivity contribution in [3.8, 4) is 0 Å². The first kappa shape index (κ1) is 20.2. The van der Waals surface area contributed by atoms with E-state index < -0.39 is 15.4 Å². The minimum Gasteiger partial charge on any atom is -0.444 e. The summed E-state index contributed by atoms with van der Waals surface area (Å²) in [6.07, 6.45) is 1.10. The van der Waals surface area contributed by atoms with E-state index in [1.807, 2.05) is 20.8 Å². The predicted octanol–water partition coefficient (Wildman–Crippen LogP) is 3.17. The summed E-state index contributed by atoms with van der Waals surface area (Å²) in [5, 5.41) is 3.10. The first-order chi connectivity index (χ1) is 11.6. The summed E-state index contributed by atoms with van der Waals surface area (Å²) in [6.45, 7) is 6.64. The zero-order valence-electron chi connectivity index (χ0n) is 14.8. The largest absolute Gasteiger partial charge is 0.444 e. The number of carbonyl (C=O) groups is 1. The van der Waals surface area contributed by atoms with Gasteiger partial charge in [-0.15, -0.1) is 0 Å². The van der Waals surface area contributed by atoms with Gasteiger partial charge in [-0.2, -0.15) is 0 Å². The summed E-state index contributed by atoms with van der Waals surface area (Å²) in [7, 11) is -3.37. The average molecular weight is 433 g/mol. The summed E-state index contributed by atoms with van der Waals surface area (Å²) < 4.78 is 30.9. The Morgan fingerprint density at radius 2 is 1.80 bits per heavy atom. The summed E-state index contributed by atoms with van der Waals surface area (Å²) in [4.78, 5) is 14.0. The van der Waals surface area contributed by atoms with Gasteiger partial charge in [-0.1, -0.05) is 15.9 Å². The zero-order chi connectivity index (χ0) is 18.7. The van der Waals surface area contributed by atoms with Gasteiger partial charge in [0.1, 0.15) is 11.5 Å². The number of ether oxygens (including phenoxy) is 1. The van der Waals surface area contributed by atoms with Gasteiger partial charge >= 0.3 is 6.09 Å². The van der Waals surface area contributed by atoms with Crippen molar-refractivity contribution in [2.75, 3.05) is 19.0 Å². The summed E-state index contributed by atoms with van der Waals surface area (Å²) in [5.74, 6) is -0.105. The van der Waals surface area contributed by atoms with Crippen molar-refractivity contribution < 1.29 is 17.9 Å². The highest BCUT2D eigenvalue weighted by Gasteiger charge is 2.27. The van der Waals surface area contributed by atoms with Gasteiger partial charge in [-0.25, -0.2) is 13.2 Å². The second-order valence-electron chi connectivity index (χ2n) is 7.16. The van der Waals surface area contributed by atoms with Crippen LogP contribution in [0.3, 0.4) is 0 Å². The summed E-state index contributed by atoms with van der Waals surface area (Å²) in [5.41, 5.74) is -0.509. The molecule has 2 rings (SSSR count). The van der Waals surface area contributed by atoms with Gasteiger partial charge in [-0.3, -0.25) is 0 Å². The molecule has 1 saturated heterocycles. The van der Waals surface area contributed by atoms with E-state index in [1.54, 1.807) is 29.2 Å². The van der Waals surface area contributed by atoms with E-state index in [0.29, 0.717) is 30.8 Å². The average Bonchev–Trinajstić information content (AvgIpc) is 2.52. The van der Waals surface area contributed by atoms with E-state index in [2.05, 4.69) is 21.2 Å². The lowest BCUT2D eigenvalue weighted by Crippen LogP contribution is -2.47. The molecule has 0 aromatic heterocycles. The molecular formula is C17H25BrN2O4S. The Hall–Kier alpha value is -1.12. The molecule has 1 aromatic carbocycles. The molecule has 0 aliphatic carbocycles. The molecule has 6 nitrogen and oxygen atoms in total. The van der Waals surface area contributed by atoms with Crippen molar-refractivity contribution in [1.29, 1.82) is 0 Å². The molecule has 0 bridgehead atoms. The lowest BCUT2D eigenvalue weighted by atomic mass is 10.1. The smallest absolute Gasteiger partial charge is 0.410 e. The highest BCUT2D eigenvalue weighted by Crippen LogP contribution is 2.18. The number of nitrogens with one attached hydrogen (secondary N) is 1. The van der Waals surface area contributed by atoms with Crippen molar-refractivity contribution in [1.82, 2.24) is 10.2 Å². The molecule has 1 fully saturated rings. The van der Waals surface area contributed by atoms with Crippen LogP contribution in [-0.2, 0) is 14.6 Å². The zero-order valence-corrected chi connectivity index (χ0v) is 17.2. The van der Waals surface area contributed by atoms with Crippen molar-refractivity contribution in [2.24, 2.45) is 0 Å². The Morgan fingerprint density at radius 1 is 1.24 bits per heavy atom. The van der Waals surface area contributed by atoms with Crippen molar-refractivity contribution in [3.63, 3.8) is 0 Å². The summed E-state index contributed by atoms with van der Waals surface area (Å²) in [6, 6.07) is 6.68. The number of piperidine rings is 1. The van der Waals surface area contributed by atoms with Crippen LogP contribution in [0.25, 0.3) is 0 Å². The fraction of sp³-hybridized carbons (Fsp3) is 0.588.